The van der Waals surface area contributed by atoms with Gasteiger partial charge < -0.3 is 9.42 Å². The lowest BCUT2D eigenvalue weighted by Crippen LogP contribution is -2.38. The van der Waals surface area contributed by atoms with E-state index in [1.165, 1.54) is 11.3 Å². The van der Waals surface area contributed by atoms with E-state index >= 15 is 0 Å². The van der Waals surface area contributed by atoms with Crippen molar-refractivity contribution >= 4 is 27.5 Å². The van der Waals surface area contributed by atoms with Crippen molar-refractivity contribution < 1.29 is 9.32 Å². The van der Waals surface area contributed by atoms with Crippen molar-refractivity contribution in [1.29, 1.82) is 0 Å². The summed E-state index contributed by atoms with van der Waals surface area (Å²) < 4.78 is 7.17. The Kier molecular flexibility index (Phi) is 4.75. The molecule has 4 rings (SSSR count). The number of amides is 1. The first-order chi connectivity index (χ1) is 13.0. The SMILES string of the molecule is CCc1nc(C2CCCCN2C(=O)c2cc3c(C(C)C)nn(C)c3s2)no1. The molecule has 1 unspecified atom stereocenters. The molecular weight excluding hydrogens is 362 g/mol. The molecule has 7 nitrogen and oxygen atoms in total. The molecular formula is C19H25N5O2S. The minimum absolute atomic E-state index is 0.0541. The lowest BCUT2D eigenvalue weighted by atomic mass is 10.0. The van der Waals surface area contributed by atoms with Gasteiger partial charge in [0.15, 0.2) is 5.82 Å². The largest absolute Gasteiger partial charge is 0.339 e. The standard InChI is InChI=1S/C19H25N5O2S/c1-5-15-20-17(22-26-15)13-8-6-7-9-24(13)18(25)14-10-12-16(11(2)3)21-23(4)19(12)27-14/h10-11,13H,5-9H2,1-4H3. The molecule has 0 spiro atoms. The lowest BCUT2D eigenvalue weighted by molar-refractivity contribution is 0.0602. The Labute approximate surface area is 162 Å². The van der Waals surface area contributed by atoms with Crippen LogP contribution in [0.2, 0.25) is 0 Å². The van der Waals surface area contributed by atoms with Gasteiger partial charge in [0.2, 0.25) is 5.89 Å². The Morgan fingerprint density at radius 3 is 2.93 bits per heavy atom. The molecule has 0 radical (unpaired) electrons. The van der Waals surface area contributed by atoms with Crippen LogP contribution in [-0.2, 0) is 13.5 Å². The zero-order chi connectivity index (χ0) is 19.1. The fourth-order valence-electron chi connectivity index (χ4n) is 3.73. The number of fused-ring (bicyclic) bond motifs is 1. The Bertz CT molecular complexity index is 970. The molecule has 0 aromatic carbocycles. The minimum Gasteiger partial charge on any atom is -0.339 e. The van der Waals surface area contributed by atoms with E-state index in [9.17, 15) is 4.79 Å². The Hall–Kier alpha value is -2.22. The van der Waals surface area contributed by atoms with Crippen LogP contribution in [0, 0.1) is 0 Å². The Morgan fingerprint density at radius 2 is 2.22 bits per heavy atom. The summed E-state index contributed by atoms with van der Waals surface area (Å²) in [5, 5.41) is 9.82. The average molecular weight is 388 g/mol. The molecule has 0 N–H and O–H groups in total. The molecule has 0 saturated carbocycles. The van der Waals surface area contributed by atoms with E-state index in [0.717, 1.165) is 46.6 Å². The lowest BCUT2D eigenvalue weighted by Gasteiger charge is -2.33. The van der Waals surface area contributed by atoms with E-state index in [4.69, 9.17) is 4.52 Å². The van der Waals surface area contributed by atoms with Crippen LogP contribution in [0.3, 0.4) is 0 Å². The summed E-state index contributed by atoms with van der Waals surface area (Å²) in [5.41, 5.74) is 1.05. The van der Waals surface area contributed by atoms with E-state index in [1.807, 2.05) is 29.6 Å². The number of rotatable bonds is 4. The molecule has 3 aromatic heterocycles. The van der Waals surface area contributed by atoms with Crippen LogP contribution in [-0.4, -0.2) is 37.3 Å². The summed E-state index contributed by atoms with van der Waals surface area (Å²) in [6.45, 7) is 6.97. The van der Waals surface area contributed by atoms with Gasteiger partial charge in [-0.25, -0.2) is 0 Å². The highest BCUT2D eigenvalue weighted by Gasteiger charge is 2.33. The summed E-state index contributed by atoms with van der Waals surface area (Å²) in [6.07, 6.45) is 3.65. The first-order valence-corrected chi connectivity index (χ1v) is 10.4. The molecule has 1 amide bonds. The van der Waals surface area contributed by atoms with E-state index in [2.05, 4.69) is 29.1 Å². The third kappa shape index (κ3) is 3.16. The highest BCUT2D eigenvalue weighted by Crippen LogP contribution is 2.35. The number of carbonyl (C=O) groups excluding carboxylic acids is 1. The Morgan fingerprint density at radius 1 is 1.41 bits per heavy atom. The van der Waals surface area contributed by atoms with Crippen molar-refractivity contribution in [3.63, 3.8) is 0 Å². The molecule has 1 aliphatic heterocycles. The van der Waals surface area contributed by atoms with Crippen LogP contribution < -0.4 is 0 Å². The third-order valence-electron chi connectivity index (χ3n) is 5.15. The monoisotopic (exact) mass is 387 g/mol. The van der Waals surface area contributed by atoms with Gasteiger partial charge in [0.25, 0.3) is 5.91 Å². The molecule has 8 heteroatoms. The van der Waals surface area contributed by atoms with Gasteiger partial charge in [0.05, 0.1) is 16.6 Å². The van der Waals surface area contributed by atoms with Gasteiger partial charge in [-0.2, -0.15) is 10.1 Å². The van der Waals surface area contributed by atoms with Gasteiger partial charge in [-0.15, -0.1) is 11.3 Å². The second-order valence-electron chi connectivity index (χ2n) is 7.40. The number of piperidine rings is 1. The van der Waals surface area contributed by atoms with Gasteiger partial charge in [0, 0.05) is 25.4 Å². The smallest absolute Gasteiger partial charge is 0.264 e. The summed E-state index contributed by atoms with van der Waals surface area (Å²) in [4.78, 5) is 21.5. The number of nitrogens with zero attached hydrogens (tertiary/aromatic N) is 5. The van der Waals surface area contributed by atoms with Crippen molar-refractivity contribution in [3.8, 4) is 0 Å². The number of hydrogen-bond acceptors (Lipinski definition) is 6. The van der Waals surface area contributed by atoms with E-state index in [0.29, 0.717) is 24.1 Å². The first kappa shape index (κ1) is 18.2. The molecule has 144 valence electrons. The van der Waals surface area contributed by atoms with Gasteiger partial charge in [-0.1, -0.05) is 25.9 Å². The Balaban J connectivity index is 1.67. The minimum atomic E-state index is -0.108. The van der Waals surface area contributed by atoms with Gasteiger partial charge in [0.1, 0.15) is 4.83 Å². The molecule has 4 heterocycles. The maximum absolute atomic E-state index is 13.3. The molecule has 3 aromatic rings. The number of hydrogen-bond donors (Lipinski definition) is 0. The first-order valence-electron chi connectivity index (χ1n) is 9.59. The number of aryl methyl sites for hydroxylation is 2. The third-order valence-corrected chi connectivity index (χ3v) is 6.34. The maximum Gasteiger partial charge on any atom is 0.264 e. The molecule has 1 fully saturated rings. The van der Waals surface area contributed by atoms with Crippen LogP contribution in [0.5, 0.6) is 0 Å². The molecule has 1 saturated heterocycles. The predicted octanol–water partition coefficient (Wildman–Crippen LogP) is 4.07. The van der Waals surface area contributed by atoms with Gasteiger partial charge >= 0.3 is 0 Å². The van der Waals surface area contributed by atoms with Crippen molar-refractivity contribution in [2.24, 2.45) is 7.05 Å². The number of carbonyl (C=O) groups is 1. The molecule has 1 aliphatic rings. The fourth-order valence-corrected chi connectivity index (χ4v) is 4.77. The molecule has 0 bridgehead atoms. The number of thiophene rings is 1. The van der Waals surface area contributed by atoms with Crippen LogP contribution >= 0.6 is 11.3 Å². The van der Waals surface area contributed by atoms with Crippen LogP contribution in [0.1, 0.15) is 79.1 Å². The molecule has 27 heavy (non-hydrogen) atoms. The zero-order valence-electron chi connectivity index (χ0n) is 16.2. The molecule has 1 atom stereocenters. The van der Waals surface area contributed by atoms with Crippen molar-refractivity contribution in [1.82, 2.24) is 24.8 Å². The normalized spacial score (nSPS) is 18.0. The summed E-state index contributed by atoms with van der Waals surface area (Å²) in [6, 6.07) is 1.90. The predicted molar refractivity (Wildman–Crippen MR) is 104 cm³/mol. The topological polar surface area (TPSA) is 77.1 Å². The van der Waals surface area contributed by atoms with Crippen molar-refractivity contribution in [2.75, 3.05) is 6.54 Å². The van der Waals surface area contributed by atoms with E-state index < -0.39 is 0 Å². The van der Waals surface area contributed by atoms with Gasteiger partial charge in [-0.05, 0) is 31.2 Å². The van der Waals surface area contributed by atoms with Crippen LogP contribution in [0.25, 0.3) is 10.2 Å². The zero-order valence-corrected chi connectivity index (χ0v) is 17.0. The summed E-state index contributed by atoms with van der Waals surface area (Å²) in [7, 11) is 1.94. The highest BCUT2D eigenvalue weighted by molar-refractivity contribution is 7.20. The highest BCUT2D eigenvalue weighted by atomic mass is 32.1. The second kappa shape index (κ2) is 7.07. The second-order valence-corrected chi connectivity index (χ2v) is 8.43. The maximum atomic E-state index is 13.3. The van der Waals surface area contributed by atoms with Crippen LogP contribution in [0.15, 0.2) is 10.6 Å². The van der Waals surface area contributed by atoms with Crippen molar-refractivity contribution in [2.45, 2.75) is 58.4 Å². The summed E-state index contributed by atoms with van der Waals surface area (Å²) in [5.74, 6) is 1.63. The quantitative estimate of drug-likeness (QED) is 0.674. The van der Waals surface area contributed by atoms with Crippen LogP contribution in [0.4, 0.5) is 0 Å². The number of aromatic nitrogens is 4. The average Bonchev–Trinajstić information content (AvgIpc) is 3.37. The molecule has 0 aliphatic carbocycles. The van der Waals surface area contributed by atoms with E-state index in [1.54, 1.807) is 0 Å². The summed E-state index contributed by atoms with van der Waals surface area (Å²) >= 11 is 1.52. The number of likely N-dealkylation sites (tertiary alicyclic amines) is 1. The van der Waals surface area contributed by atoms with E-state index in [-0.39, 0.29) is 11.9 Å². The fraction of sp³-hybridized carbons (Fsp3) is 0.579. The van der Waals surface area contributed by atoms with Gasteiger partial charge in [-0.3, -0.25) is 9.48 Å². The van der Waals surface area contributed by atoms with Crippen molar-refractivity contribution in [3.05, 3.63) is 28.4 Å².